The number of nitrogens with zero attached hydrogens (tertiary/aromatic N) is 2. The molecule has 0 aromatic carbocycles. The summed E-state index contributed by atoms with van der Waals surface area (Å²) in [5, 5.41) is 19.2. The van der Waals surface area contributed by atoms with Gasteiger partial charge in [-0.05, 0) is 25.3 Å². The van der Waals surface area contributed by atoms with E-state index in [-0.39, 0.29) is 18.6 Å². The van der Waals surface area contributed by atoms with Crippen molar-refractivity contribution < 1.29 is 9.90 Å². The molecule has 0 spiro atoms. The fourth-order valence-corrected chi connectivity index (χ4v) is 2.49. The summed E-state index contributed by atoms with van der Waals surface area (Å²) in [5.41, 5.74) is 0.691. The summed E-state index contributed by atoms with van der Waals surface area (Å²) < 4.78 is 0. The number of hydrogen-bond donors (Lipinski definition) is 1. The van der Waals surface area contributed by atoms with Gasteiger partial charge in [-0.3, -0.25) is 4.79 Å². The molecule has 1 N–H and O–H groups in total. The summed E-state index contributed by atoms with van der Waals surface area (Å²) in [6.45, 7) is 4.30. The van der Waals surface area contributed by atoms with Gasteiger partial charge in [0, 0.05) is 24.6 Å². The van der Waals surface area contributed by atoms with Gasteiger partial charge in [0.1, 0.15) is 4.88 Å². The molecule has 106 valence electrons. The average molecular weight is 290 g/mol. The summed E-state index contributed by atoms with van der Waals surface area (Å²) in [7, 11) is 0. The number of nitriles is 1. The molecule has 1 heterocycles. The summed E-state index contributed by atoms with van der Waals surface area (Å²) in [5.74, 6) is 5.66. The molecule has 0 aliphatic rings. The molecule has 0 radical (unpaired) electrons. The lowest BCUT2D eigenvalue weighted by Gasteiger charge is -2.25. The number of rotatable bonds is 5. The first kappa shape index (κ1) is 16.2. The summed E-state index contributed by atoms with van der Waals surface area (Å²) in [6.07, 6.45) is 0.715. The highest BCUT2D eigenvalue weighted by atomic mass is 32.1. The van der Waals surface area contributed by atoms with E-state index in [9.17, 15) is 4.79 Å². The van der Waals surface area contributed by atoms with Gasteiger partial charge in [0.05, 0.1) is 19.1 Å². The summed E-state index contributed by atoms with van der Waals surface area (Å²) >= 11 is 1.36. The van der Waals surface area contributed by atoms with Crippen LogP contribution in [0.2, 0.25) is 0 Å². The van der Waals surface area contributed by atoms with Gasteiger partial charge < -0.3 is 10.0 Å². The Morgan fingerprint density at radius 2 is 2.25 bits per heavy atom. The van der Waals surface area contributed by atoms with E-state index in [1.165, 1.54) is 11.3 Å². The molecule has 0 unspecified atom stereocenters. The molecule has 1 rings (SSSR count). The minimum Gasteiger partial charge on any atom is -0.395 e. The van der Waals surface area contributed by atoms with Gasteiger partial charge in [-0.2, -0.15) is 5.26 Å². The molecular weight excluding hydrogens is 272 g/mol. The Hall–Kier alpha value is -1.82. The van der Waals surface area contributed by atoms with Crippen LogP contribution in [0.15, 0.2) is 11.4 Å². The monoisotopic (exact) mass is 290 g/mol. The van der Waals surface area contributed by atoms with Crippen molar-refractivity contribution in [3.8, 4) is 17.9 Å². The van der Waals surface area contributed by atoms with E-state index < -0.39 is 0 Å². The Kier molecular flexibility index (Phi) is 6.79. The van der Waals surface area contributed by atoms with Gasteiger partial charge >= 0.3 is 0 Å². The van der Waals surface area contributed by atoms with E-state index in [1.807, 2.05) is 25.3 Å². The lowest BCUT2D eigenvalue weighted by Crippen LogP contribution is -2.37. The largest absolute Gasteiger partial charge is 0.395 e. The van der Waals surface area contributed by atoms with E-state index in [2.05, 4.69) is 17.9 Å². The SMILES string of the molecule is CC(C)N(CCC#N)C(=O)c1sccc1C#CCCO. The lowest BCUT2D eigenvalue weighted by molar-refractivity contribution is 0.0715. The fourth-order valence-electron chi connectivity index (χ4n) is 1.68. The molecule has 0 aliphatic carbocycles. The van der Waals surface area contributed by atoms with Crippen molar-refractivity contribution in [2.45, 2.75) is 32.7 Å². The van der Waals surface area contributed by atoms with Crippen LogP contribution < -0.4 is 0 Å². The minimum absolute atomic E-state index is 0.0146. The Labute approximate surface area is 123 Å². The zero-order valence-corrected chi connectivity index (χ0v) is 12.5. The van der Waals surface area contributed by atoms with Crippen LogP contribution in [0.5, 0.6) is 0 Å². The molecule has 0 aliphatic heterocycles. The third kappa shape index (κ3) is 4.38. The number of thiophene rings is 1. The number of hydrogen-bond acceptors (Lipinski definition) is 4. The molecule has 0 fully saturated rings. The van der Waals surface area contributed by atoms with Crippen LogP contribution in [0.4, 0.5) is 0 Å². The second-order valence-electron chi connectivity index (χ2n) is 4.44. The van der Waals surface area contributed by atoms with Gasteiger partial charge in [0.2, 0.25) is 0 Å². The predicted octanol–water partition coefficient (Wildman–Crippen LogP) is 2.25. The van der Waals surface area contributed by atoms with E-state index in [4.69, 9.17) is 10.4 Å². The highest BCUT2D eigenvalue weighted by molar-refractivity contribution is 7.12. The average Bonchev–Trinajstić information content (AvgIpc) is 2.87. The van der Waals surface area contributed by atoms with Gasteiger partial charge in [0.25, 0.3) is 5.91 Å². The Bertz CT molecular complexity index is 546. The Morgan fingerprint density at radius 1 is 1.50 bits per heavy atom. The molecule has 4 nitrogen and oxygen atoms in total. The second kappa shape index (κ2) is 8.37. The third-order valence-corrected chi connectivity index (χ3v) is 3.57. The van der Waals surface area contributed by atoms with Crippen molar-refractivity contribution in [3.63, 3.8) is 0 Å². The highest BCUT2D eigenvalue weighted by Crippen LogP contribution is 2.19. The topological polar surface area (TPSA) is 64.3 Å². The van der Waals surface area contributed by atoms with Gasteiger partial charge in [-0.15, -0.1) is 11.3 Å². The zero-order valence-electron chi connectivity index (χ0n) is 11.7. The number of amides is 1. The van der Waals surface area contributed by atoms with Crippen LogP contribution in [0.1, 0.15) is 41.9 Å². The van der Waals surface area contributed by atoms with Gasteiger partial charge in [0.15, 0.2) is 0 Å². The molecule has 5 heteroatoms. The molecular formula is C15H18N2O2S. The maximum atomic E-state index is 12.5. The molecule has 20 heavy (non-hydrogen) atoms. The van der Waals surface area contributed by atoms with E-state index in [0.29, 0.717) is 29.8 Å². The van der Waals surface area contributed by atoms with Crippen molar-refractivity contribution in [1.82, 2.24) is 4.90 Å². The molecule has 1 aromatic heterocycles. The predicted molar refractivity (Wildman–Crippen MR) is 79.3 cm³/mol. The van der Waals surface area contributed by atoms with E-state index >= 15 is 0 Å². The first-order valence-corrected chi connectivity index (χ1v) is 7.35. The second-order valence-corrected chi connectivity index (χ2v) is 5.36. The zero-order chi connectivity index (χ0) is 15.0. The number of carbonyl (C=O) groups is 1. The maximum Gasteiger partial charge on any atom is 0.265 e. The molecule has 0 atom stereocenters. The smallest absolute Gasteiger partial charge is 0.265 e. The summed E-state index contributed by atoms with van der Waals surface area (Å²) in [4.78, 5) is 14.8. The number of aliphatic hydroxyl groups is 1. The van der Waals surface area contributed by atoms with Gasteiger partial charge in [-0.25, -0.2) is 0 Å². The fraction of sp³-hybridized carbons (Fsp3) is 0.467. The van der Waals surface area contributed by atoms with Crippen LogP contribution in [-0.4, -0.2) is 35.1 Å². The van der Waals surface area contributed by atoms with Crippen molar-refractivity contribution in [2.24, 2.45) is 0 Å². The van der Waals surface area contributed by atoms with Crippen LogP contribution in [0, 0.1) is 23.2 Å². The van der Waals surface area contributed by atoms with Crippen LogP contribution in [-0.2, 0) is 0 Å². The van der Waals surface area contributed by atoms with E-state index in [1.54, 1.807) is 4.90 Å². The van der Waals surface area contributed by atoms with Crippen molar-refractivity contribution >= 4 is 17.2 Å². The lowest BCUT2D eigenvalue weighted by atomic mass is 10.2. The minimum atomic E-state index is -0.0847. The standard InChI is InChI=1S/C15H18N2O2S/c1-12(2)17(9-5-8-16)15(19)14-13(7-11-20-14)6-3-4-10-18/h7,11-12,18H,4-5,9-10H2,1-2H3. The van der Waals surface area contributed by atoms with Crippen molar-refractivity contribution in [1.29, 1.82) is 5.26 Å². The maximum absolute atomic E-state index is 12.5. The first-order chi connectivity index (χ1) is 9.61. The molecule has 0 bridgehead atoms. The molecule has 1 aromatic rings. The molecule has 0 saturated carbocycles. The van der Waals surface area contributed by atoms with E-state index in [0.717, 1.165) is 0 Å². The Balaban J connectivity index is 2.93. The van der Waals surface area contributed by atoms with Crippen molar-refractivity contribution in [2.75, 3.05) is 13.2 Å². The quantitative estimate of drug-likeness (QED) is 0.846. The first-order valence-electron chi connectivity index (χ1n) is 6.47. The summed E-state index contributed by atoms with van der Waals surface area (Å²) in [6, 6.07) is 3.91. The highest BCUT2D eigenvalue weighted by Gasteiger charge is 2.21. The molecule has 0 saturated heterocycles. The van der Waals surface area contributed by atoms with Crippen LogP contribution in [0.25, 0.3) is 0 Å². The Morgan fingerprint density at radius 3 is 2.85 bits per heavy atom. The van der Waals surface area contributed by atoms with Crippen molar-refractivity contribution in [3.05, 3.63) is 21.9 Å². The van der Waals surface area contributed by atoms with Crippen LogP contribution >= 0.6 is 11.3 Å². The van der Waals surface area contributed by atoms with Gasteiger partial charge in [-0.1, -0.05) is 11.8 Å². The molecule has 1 amide bonds. The normalized spacial score (nSPS) is 9.75. The third-order valence-electron chi connectivity index (χ3n) is 2.67. The van der Waals surface area contributed by atoms with Crippen LogP contribution in [0.3, 0.4) is 0 Å². The number of carbonyl (C=O) groups excluding carboxylic acids is 1. The number of aliphatic hydroxyl groups excluding tert-OH is 1.